The molecule has 1 aliphatic heterocycles. The third-order valence-corrected chi connectivity index (χ3v) is 3.95. The van der Waals surface area contributed by atoms with E-state index in [-0.39, 0.29) is 17.7 Å². The maximum atomic E-state index is 12.4. The van der Waals surface area contributed by atoms with Crippen molar-refractivity contribution in [3.8, 4) is 0 Å². The number of amides is 2. The van der Waals surface area contributed by atoms with E-state index in [2.05, 4.69) is 21.2 Å². The van der Waals surface area contributed by atoms with Gasteiger partial charge in [0.05, 0.1) is 5.92 Å². The Morgan fingerprint density at radius 1 is 1.47 bits per heavy atom. The van der Waals surface area contributed by atoms with Crippen molar-refractivity contribution >= 4 is 27.7 Å². The van der Waals surface area contributed by atoms with Crippen molar-refractivity contribution in [2.24, 2.45) is 13.0 Å². The fourth-order valence-electron chi connectivity index (χ4n) is 2.48. The number of nitrogens with zero attached hydrogens (tertiary/aromatic N) is 2. The number of aryl methyl sites for hydroxylation is 1. The molecular weight excluding hydrogens is 310 g/mol. The smallest absolute Gasteiger partial charge is 0.270 e. The van der Waals surface area contributed by atoms with Gasteiger partial charge in [-0.1, -0.05) is 0 Å². The molecule has 0 bridgehead atoms. The van der Waals surface area contributed by atoms with Crippen molar-refractivity contribution in [1.82, 2.24) is 14.8 Å². The summed E-state index contributed by atoms with van der Waals surface area (Å²) >= 11 is 3.37. The van der Waals surface area contributed by atoms with Crippen molar-refractivity contribution in [1.29, 1.82) is 0 Å². The molecule has 104 valence electrons. The summed E-state index contributed by atoms with van der Waals surface area (Å²) in [6.07, 6.45) is 3.57. The second-order valence-electron chi connectivity index (χ2n) is 4.86. The molecule has 1 aromatic rings. The highest BCUT2D eigenvalue weighted by atomic mass is 79.9. The van der Waals surface area contributed by atoms with Crippen LogP contribution in [0.5, 0.6) is 0 Å². The van der Waals surface area contributed by atoms with Gasteiger partial charge < -0.3 is 14.8 Å². The van der Waals surface area contributed by atoms with E-state index >= 15 is 0 Å². The van der Waals surface area contributed by atoms with Crippen molar-refractivity contribution in [3.05, 3.63) is 22.4 Å². The van der Waals surface area contributed by atoms with Gasteiger partial charge in [0, 0.05) is 37.9 Å². The van der Waals surface area contributed by atoms with E-state index in [1.54, 1.807) is 16.5 Å². The molecule has 0 saturated carbocycles. The first-order chi connectivity index (χ1) is 9.02. The van der Waals surface area contributed by atoms with Gasteiger partial charge in [-0.3, -0.25) is 9.59 Å². The molecule has 19 heavy (non-hydrogen) atoms. The van der Waals surface area contributed by atoms with Crippen molar-refractivity contribution in [2.45, 2.75) is 12.8 Å². The van der Waals surface area contributed by atoms with E-state index < -0.39 is 0 Å². The van der Waals surface area contributed by atoms with E-state index in [0.29, 0.717) is 12.2 Å². The van der Waals surface area contributed by atoms with Gasteiger partial charge in [0.2, 0.25) is 5.91 Å². The Labute approximate surface area is 121 Å². The van der Waals surface area contributed by atoms with E-state index in [1.807, 2.05) is 19.3 Å². The monoisotopic (exact) mass is 327 g/mol. The minimum atomic E-state index is -0.0913. The quantitative estimate of drug-likeness (QED) is 0.892. The van der Waals surface area contributed by atoms with Gasteiger partial charge in [0.1, 0.15) is 5.69 Å². The molecule has 2 rings (SSSR count). The number of piperidine rings is 1. The standard InChI is InChI=1S/C13H18BrN3O2/c1-15-12(18)9-4-3-5-17(7-9)13(19)11-6-10(14)8-16(11)2/h6,8-9H,3-5,7H2,1-2H3,(H,15,18). The molecule has 6 heteroatoms. The first-order valence-corrected chi connectivity index (χ1v) is 7.15. The highest BCUT2D eigenvalue weighted by Gasteiger charge is 2.29. The van der Waals surface area contributed by atoms with Crippen molar-refractivity contribution in [2.75, 3.05) is 20.1 Å². The third kappa shape index (κ3) is 3.00. The Morgan fingerprint density at radius 3 is 2.79 bits per heavy atom. The molecule has 0 aromatic carbocycles. The molecule has 2 heterocycles. The topological polar surface area (TPSA) is 54.3 Å². The molecule has 1 unspecified atom stereocenters. The van der Waals surface area contributed by atoms with Crippen LogP contribution in [-0.4, -0.2) is 41.4 Å². The van der Waals surface area contributed by atoms with Gasteiger partial charge >= 0.3 is 0 Å². The van der Waals surface area contributed by atoms with E-state index in [0.717, 1.165) is 23.9 Å². The SMILES string of the molecule is CNC(=O)C1CCCN(C(=O)c2cc(Br)cn2C)C1. The molecule has 0 aliphatic carbocycles. The third-order valence-electron chi connectivity index (χ3n) is 3.52. The molecule has 2 amide bonds. The van der Waals surface area contributed by atoms with Crippen LogP contribution in [-0.2, 0) is 11.8 Å². The van der Waals surface area contributed by atoms with Crippen LogP contribution in [0.4, 0.5) is 0 Å². The minimum Gasteiger partial charge on any atom is -0.359 e. The molecular formula is C13H18BrN3O2. The number of nitrogens with one attached hydrogen (secondary N) is 1. The van der Waals surface area contributed by atoms with Crippen LogP contribution in [0.15, 0.2) is 16.7 Å². The summed E-state index contributed by atoms with van der Waals surface area (Å²) in [4.78, 5) is 25.9. The Hall–Kier alpha value is -1.30. The minimum absolute atomic E-state index is 0.0122. The van der Waals surface area contributed by atoms with Crippen LogP contribution in [0, 0.1) is 5.92 Å². The predicted octanol–water partition coefficient (Wildman–Crippen LogP) is 1.39. The number of carbonyl (C=O) groups is 2. The molecule has 1 fully saturated rings. The van der Waals surface area contributed by atoms with Gasteiger partial charge in [0.25, 0.3) is 5.91 Å². The first kappa shape index (κ1) is 14.1. The zero-order valence-electron chi connectivity index (χ0n) is 11.1. The van der Waals surface area contributed by atoms with E-state index in [4.69, 9.17) is 0 Å². The van der Waals surface area contributed by atoms with E-state index in [1.165, 1.54) is 0 Å². The summed E-state index contributed by atoms with van der Waals surface area (Å²) in [6, 6.07) is 1.81. The molecule has 1 atom stereocenters. The molecule has 1 aromatic heterocycles. The van der Waals surface area contributed by atoms with Crippen LogP contribution in [0.2, 0.25) is 0 Å². The fraction of sp³-hybridized carbons (Fsp3) is 0.538. The van der Waals surface area contributed by atoms with E-state index in [9.17, 15) is 9.59 Å². The second-order valence-corrected chi connectivity index (χ2v) is 5.77. The normalized spacial score (nSPS) is 19.3. The number of carbonyl (C=O) groups excluding carboxylic acids is 2. The van der Waals surface area contributed by atoms with Gasteiger partial charge in [-0.05, 0) is 34.8 Å². The number of rotatable bonds is 2. The zero-order valence-corrected chi connectivity index (χ0v) is 12.7. The first-order valence-electron chi connectivity index (χ1n) is 6.35. The molecule has 1 N–H and O–H groups in total. The maximum Gasteiger partial charge on any atom is 0.270 e. The number of halogens is 1. The molecule has 0 spiro atoms. The Bertz CT molecular complexity index is 498. The number of likely N-dealkylation sites (tertiary alicyclic amines) is 1. The second kappa shape index (κ2) is 5.77. The lowest BCUT2D eigenvalue weighted by atomic mass is 9.97. The summed E-state index contributed by atoms with van der Waals surface area (Å²) in [6.45, 7) is 1.22. The number of hydrogen-bond donors (Lipinski definition) is 1. The van der Waals surface area contributed by atoms with Gasteiger partial charge in [-0.25, -0.2) is 0 Å². The summed E-state index contributed by atoms with van der Waals surface area (Å²) in [7, 11) is 3.48. The Morgan fingerprint density at radius 2 is 2.21 bits per heavy atom. The molecule has 0 radical (unpaired) electrons. The lowest BCUT2D eigenvalue weighted by Crippen LogP contribution is -2.45. The predicted molar refractivity (Wildman–Crippen MR) is 75.8 cm³/mol. The van der Waals surface area contributed by atoms with Crippen molar-refractivity contribution < 1.29 is 9.59 Å². The Kier molecular flexibility index (Phi) is 4.29. The van der Waals surface area contributed by atoms with Gasteiger partial charge in [-0.15, -0.1) is 0 Å². The largest absolute Gasteiger partial charge is 0.359 e. The summed E-state index contributed by atoms with van der Waals surface area (Å²) in [5.41, 5.74) is 0.643. The summed E-state index contributed by atoms with van der Waals surface area (Å²) in [5, 5.41) is 2.66. The van der Waals surface area contributed by atoms with Gasteiger partial charge in [-0.2, -0.15) is 0 Å². The zero-order chi connectivity index (χ0) is 14.0. The van der Waals surface area contributed by atoms with Crippen LogP contribution >= 0.6 is 15.9 Å². The van der Waals surface area contributed by atoms with Crippen molar-refractivity contribution in [3.63, 3.8) is 0 Å². The maximum absolute atomic E-state index is 12.4. The molecule has 1 aliphatic rings. The Balaban J connectivity index is 2.11. The van der Waals surface area contributed by atoms with Gasteiger partial charge in [0.15, 0.2) is 0 Å². The highest BCUT2D eigenvalue weighted by molar-refractivity contribution is 9.10. The number of aromatic nitrogens is 1. The van der Waals surface area contributed by atoms with Crippen LogP contribution in [0.3, 0.4) is 0 Å². The molecule has 5 nitrogen and oxygen atoms in total. The van der Waals surface area contributed by atoms with Crippen LogP contribution in [0.25, 0.3) is 0 Å². The molecule has 1 saturated heterocycles. The average Bonchev–Trinajstić information content (AvgIpc) is 2.76. The summed E-state index contributed by atoms with van der Waals surface area (Å²) < 4.78 is 2.69. The highest BCUT2D eigenvalue weighted by Crippen LogP contribution is 2.21. The van der Waals surface area contributed by atoms with Crippen LogP contribution in [0.1, 0.15) is 23.3 Å². The fourth-order valence-corrected chi connectivity index (χ4v) is 3.00. The van der Waals surface area contributed by atoms with Crippen LogP contribution < -0.4 is 5.32 Å². The summed E-state index contributed by atoms with van der Waals surface area (Å²) in [5.74, 6) is -0.0845. The number of hydrogen-bond acceptors (Lipinski definition) is 2. The average molecular weight is 328 g/mol. The lowest BCUT2D eigenvalue weighted by Gasteiger charge is -2.31. The lowest BCUT2D eigenvalue weighted by molar-refractivity contribution is -0.125.